The fourth-order valence-electron chi connectivity index (χ4n) is 0. The maximum atomic E-state index is 8.52. The zero-order chi connectivity index (χ0) is 9.91. The van der Waals surface area contributed by atoms with Crippen molar-refractivity contribution < 1.29 is 67.0 Å². The summed E-state index contributed by atoms with van der Waals surface area (Å²) in [4.78, 5) is 0. The van der Waals surface area contributed by atoms with Crippen molar-refractivity contribution in [3.05, 3.63) is 0 Å². The molecule has 0 saturated heterocycles. The third kappa shape index (κ3) is 1050. The normalized spacial score (nSPS) is 4.29. The van der Waals surface area contributed by atoms with Gasteiger partial charge in [0.1, 0.15) is 0 Å². The molecule has 8 radical (unpaired) electrons. The molecule has 14 nitrogen and oxygen atoms in total. The minimum Gasteiger partial charge on any atom is -0.870 e. The van der Waals surface area contributed by atoms with E-state index in [1.54, 1.807) is 0 Å². The Bertz CT molecular complexity index is 132. The van der Waals surface area contributed by atoms with Crippen LogP contribution in [0.3, 0.4) is 0 Å². The van der Waals surface area contributed by atoms with Crippen molar-refractivity contribution in [1.82, 2.24) is 0 Å². The monoisotopic (exact) mass is 426 g/mol. The van der Waals surface area contributed by atoms with E-state index in [-0.39, 0.29) is 89.9 Å². The van der Waals surface area contributed by atoms with Gasteiger partial charge in [-0.05, 0) is 0 Å². The fraction of sp³-hybridized carbons (Fsp3) is 0. The van der Waals surface area contributed by atoms with Crippen molar-refractivity contribution in [2.45, 2.75) is 0 Å². The van der Waals surface area contributed by atoms with Gasteiger partial charge < -0.3 is 58.6 Å². The summed E-state index contributed by atoms with van der Waals surface area (Å²) in [7, 11) is -5.17. The van der Waals surface area contributed by atoms with Crippen LogP contribution in [-0.4, -0.2) is 174 Å². The van der Waals surface area contributed by atoms with E-state index in [1.165, 1.54) is 0 Å². The Morgan fingerprint density at radius 1 is 0.619 bits per heavy atom. The topological polar surface area (TPSA) is 348 Å². The van der Waals surface area contributed by atoms with Gasteiger partial charge in [0, 0.05) is 10.4 Å². The molecular formula is H14Al4Mg2O14S. The van der Waals surface area contributed by atoms with E-state index >= 15 is 0 Å². The molecule has 21 heteroatoms. The smallest absolute Gasteiger partial charge is 0.870 e. The first-order chi connectivity index (χ1) is 4.83. The molecule has 120 valence electrons. The molecule has 0 aliphatic heterocycles. The van der Waals surface area contributed by atoms with Crippen LogP contribution in [0.15, 0.2) is 0 Å². The van der Waals surface area contributed by atoms with Crippen LogP contribution >= 0.6 is 0 Å². The van der Waals surface area contributed by atoms with Crippen LogP contribution in [0.25, 0.3) is 0 Å². The molecule has 0 saturated carbocycles. The van der Waals surface area contributed by atoms with Crippen molar-refractivity contribution in [2.24, 2.45) is 0 Å². The van der Waals surface area contributed by atoms with Gasteiger partial charge in [-0.3, -0.25) is 8.42 Å². The molecule has 0 aromatic rings. The van der Waals surface area contributed by atoms with Gasteiger partial charge in [0.15, 0.2) is 0 Å². The van der Waals surface area contributed by atoms with E-state index in [0.717, 1.165) is 0 Å². The molecule has 21 heavy (non-hydrogen) atoms. The summed E-state index contributed by atoms with van der Waals surface area (Å²) < 4.78 is 42.3. The van der Waals surface area contributed by atoms with Crippen LogP contribution in [-0.2, 0) is 16.1 Å². The van der Waals surface area contributed by atoms with Crippen molar-refractivity contribution in [2.75, 3.05) is 0 Å². The van der Waals surface area contributed by atoms with Gasteiger partial charge in [-0.1, -0.05) is 0 Å². The van der Waals surface area contributed by atoms with Gasteiger partial charge in [0.2, 0.25) is 0 Å². The van der Waals surface area contributed by atoms with Gasteiger partial charge in [0.25, 0.3) is 0 Å². The minimum absolute atomic E-state index is 0. The Kier molecular flexibility index (Phi) is 454. The summed E-state index contributed by atoms with van der Waals surface area (Å²) in [5.74, 6) is 0. The van der Waals surface area contributed by atoms with Gasteiger partial charge >= 0.3 is 113 Å². The van der Waals surface area contributed by atoms with E-state index in [4.69, 9.17) is 17.5 Å². The first-order valence-corrected chi connectivity index (χ1v) is 4.83. The first-order valence-electron chi connectivity index (χ1n) is 1.61. The molecule has 0 fully saturated rings. The average Bonchev–Trinajstić information content (AvgIpc) is 1.62. The van der Waals surface area contributed by atoms with Crippen LogP contribution in [0.1, 0.15) is 0 Å². The standard InChI is InChI=1S/4Al.2Mg.H2O4S.8H2O.2O/c;;;;;;1-5(2,3)4;;;;;;;;;;/h;;;;;;(H2,1,2,3,4);8*1H2;;/q;;;;2*+2;;;;;;;;;;;/p-4. The summed E-state index contributed by atoms with van der Waals surface area (Å²) in [6.45, 7) is 0. The summed E-state index contributed by atoms with van der Waals surface area (Å²) in [6, 6.07) is 0. The zero-order valence-corrected chi connectivity index (χ0v) is 18.7. The van der Waals surface area contributed by atoms with Gasteiger partial charge in [-0.25, -0.2) is 0 Å². The molecule has 0 heterocycles. The summed E-state index contributed by atoms with van der Waals surface area (Å²) >= 11 is 8.17. The molecule has 0 aliphatic carbocycles. The molecule has 0 unspecified atom stereocenters. The largest absolute Gasteiger partial charge is 2.00 e. The second-order valence-electron chi connectivity index (χ2n) is 0.680. The van der Waals surface area contributed by atoms with Crippen molar-refractivity contribution >= 4 is 123 Å². The van der Waals surface area contributed by atoms with Crippen LogP contribution in [0.2, 0.25) is 0 Å². The fourth-order valence-corrected chi connectivity index (χ4v) is 0. The Morgan fingerprint density at radius 2 is 0.619 bits per heavy atom. The molecule has 0 aromatic carbocycles. The van der Waals surface area contributed by atoms with E-state index in [0.29, 0.717) is 0 Å². The zero-order valence-electron chi connectivity index (χ0n) is 10.5. The van der Waals surface area contributed by atoms with Gasteiger partial charge in [0.05, 0.1) is 0 Å². The Balaban J connectivity index is -0.00000000343. The predicted molar refractivity (Wildman–Crippen MR) is 72.7 cm³/mol. The van der Waals surface area contributed by atoms with Crippen LogP contribution in [0.4, 0.5) is 0 Å². The van der Waals surface area contributed by atoms with Gasteiger partial charge in [-0.2, -0.15) is 0 Å². The van der Waals surface area contributed by atoms with Crippen LogP contribution < -0.4 is 0 Å². The molecule has 0 bridgehead atoms. The van der Waals surface area contributed by atoms with Crippen molar-refractivity contribution in [3.63, 3.8) is 0 Å². The summed E-state index contributed by atoms with van der Waals surface area (Å²) in [5, 5.41) is 0. The third-order valence-electron chi connectivity index (χ3n) is 0. The van der Waals surface area contributed by atoms with Crippen LogP contribution in [0, 0.1) is 0 Å². The van der Waals surface area contributed by atoms with Crippen LogP contribution in [0.5, 0.6) is 0 Å². The molecule has 0 amide bonds. The second-order valence-corrected chi connectivity index (χ2v) is 3.67. The van der Waals surface area contributed by atoms with E-state index in [1.807, 2.05) is 66.5 Å². The molecule has 0 aliphatic rings. The molecule has 0 atom stereocenters. The van der Waals surface area contributed by atoms with E-state index < -0.39 is 10.4 Å². The molecule has 0 aromatic heterocycles. The summed E-state index contributed by atoms with van der Waals surface area (Å²) in [6.07, 6.45) is 0. The quantitative estimate of drug-likeness (QED) is 0.202. The number of hydrogen-bond donors (Lipinski definition) is 0. The van der Waals surface area contributed by atoms with Crippen molar-refractivity contribution in [3.8, 4) is 0 Å². The molecule has 14 N–H and O–H groups in total. The van der Waals surface area contributed by atoms with Gasteiger partial charge in [-0.15, -0.1) is 0 Å². The second kappa shape index (κ2) is 91.4. The Morgan fingerprint density at radius 3 is 0.619 bits per heavy atom. The van der Waals surface area contributed by atoms with E-state index in [2.05, 4.69) is 5.68 Å². The number of rotatable bonds is 0. The molecule has 0 spiro atoms. The Hall–Kier alpha value is 3.13. The third-order valence-corrected chi connectivity index (χ3v) is 0. The number of hydrogen-bond acceptors (Lipinski definition) is 8. The SMILES string of the molecule is O.O.O.O.O.O.O=S(=O)([O-])[O-].[Al][O][Al].[Al][O][Al].[Mg+2].[Mg+2].[OH-].[OH-]. The van der Waals surface area contributed by atoms with E-state index in [9.17, 15) is 0 Å². The molecular weight excluding hydrogens is 413 g/mol. The summed E-state index contributed by atoms with van der Waals surface area (Å²) in [5.41, 5.74) is 0. The average molecular weight is 427 g/mol. The maximum Gasteiger partial charge on any atom is 2.00 e. The predicted octanol–water partition coefficient (Wildman–Crippen LogP) is -9.06. The first kappa shape index (κ1) is 104. The minimum atomic E-state index is -5.17. The maximum absolute atomic E-state index is 8.52. The molecule has 0 rings (SSSR count). The Labute approximate surface area is 188 Å². The van der Waals surface area contributed by atoms with Crippen molar-refractivity contribution in [1.29, 1.82) is 0 Å².